The molecule has 4 heteroatoms. The van der Waals surface area contributed by atoms with Crippen LogP contribution in [0.2, 0.25) is 0 Å². The minimum absolute atomic E-state index is 0.0873. The third-order valence-electron chi connectivity index (χ3n) is 4.52. The van der Waals surface area contributed by atoms with E-state index in [-0.39, 0.29) is 11.4 Å². The van der Waals surface area contributed by atoms with Gasteiger partial charge in [-0.2, -0.15) is 0 Å². The van der Waals surface area contributed by atoms with Gasteiger partial charge in [-0.1, -0.05) is 6.92 Å². The zero-order valence-corrected chi connectivity index (χ0v) is 13.3. The molecule has 0 saturated carbocycles. The molecule has 112 valence electrons. The van der Waals surface area contributed by atoms with Gasteiger partial charge in [-0.05, 0) is 66.1 Å². The summed E-state index contributed by atoms with van der Waals surface area (Å²) >= 11 is 0. The van der Waals surface area contributed by atoms with Crippen molar-refractivity contribution < 1.29 is 4.79 Å². The maximum atomic E-state index is 12.0. The number of likely N-dealkylation sites (tertiary alicyclic amines) is 1. The highest BCUT2D eigenvalue weighted by Crippen LogP contribution is 2.20. The zero-order valence-electron chi connectivity index (χ0n) is 13.3. The van der Waals surface area contributed by atoms with Gasteiger partial charge < -0.3 is 10.6 Å². The van der Waals surface area contributed by atoms with Crippen LogP contribution in [0.3, 0.4) is 0 Å². The van der Waals surface area contributed by atoms with Crippen molar-refractivity contribution in [3.8, 4) is 0 Å². The molecular weight excluding hydrogens is 238 g/mol. The van der Waals surface area contributed by atoms with Gasteiger partial charge in [-0.3, -0.25) is 9.69 Å². The average molecular weight is 269 g/mol. The van der Waals surface area contributed by atoms with E-state index in [1.54, 1.807) is 0 Å². The molecular formula is C15H31N3O. The van der Waals surface area contributed by atoms with E-state index in [1.165, 1.54) is 12.8 Å². The Hall–Kier alpha value is -0.610. The Balaban J connectivity index is 2.31. The second-order valence-corrected chi connectivity index (χ2v) is 6.48. The Morgan fingerprint density at radius 2 is 1.95 bits per heavy atom. The molecule has 1 unspecified atom stereocenters. The Morgan fingerprint density at radius 1 is 1.37 bits per heavy atom. The number of hydrogen-bond acceptors (Lipinski definition) is 3. The lowest BCUT2D eigenvalue weighted by Gasteiger charge is -2.35. The fourth-order valence-corrected chi connectivity index (χ4v) is 2.56. The lowest BCUT2D eigenvalue weighted by molar-refractivity contribution is -0.124. The Kier molecular flexibility index (Phi) is 6.27. The van der Waals surface area contributed by atoms with Crippen LogP contribution in [0.5, 0.6) is 0 Å². The van der Waals surface area contributed by atoms with Crippen molar-refractivity contribution in [1.29, 1.82) is 0 Å². The minimum Gasteiger partial charge on any atom is -0.350 e. The first-order valence-corrected chi connectivity index (χ1v) is 7.58. The summed E-state index contributed by atoms with van der Waals surface area (Å²) in [6, 6.07) is 0.579. The van der Waals surface area contributed by atoms with Gasteiger partial charge in [0.1, 0.15) is 0 Å². The highest BCUT2D eigenvalue weighted by Gasteiger charge is 2.25. The van der Waals surface area contributed by atoms with Crippen LogP contribution in [0.15, 0.2) is 0 Å². The summed E-state index contributed by atoms with van der Waals surface area (Å²) in [5.41, 5.74) is -0.0873. The van der Waals surface area contributed by atoms with Crippen molar-refractivity contribution in [2.45, 2.75) is 58.5 Å². The van der Waals surface area contributed by atoms with Crippen LogP contribution in [0.25, 0.3) is 0 Å². The van der Waals surface area contributed by atoms with Crippen molar-refractivity contribution in [1.82, 2.24) is 15.5 Å². The molecule has 2 N–H and O–H groups in total. The van der Waals surface area contributed by atoms with E-state index in [0.717, 1.165) is 25.4 Å². The summed E-state index contributed by atoms with van der Waals surface area (Å²) in [6.07, 6.45) is 3.33. The van der Waals surface area contributed by atoms with Crippen LogP contribution >= 0.6 is 0 Å². The molecule has 1 aliphatic rings. The lowest BCUT2D eigenvalue weighted by atomic mass is 9.90. The van der Waals surface area contributed by atoms with Gasteiger partial charge in [0.25, 0.3) is 0 Å². The fourth-order valence-electron chi connectivity index (χ4n) is 2.56. The van der Waals surface area contributed by atoms with Gasteiger partial charge in [0.15, 0.2) is 0 Å². The minimum atomic E-state index is -0.0873. The van der Waals surface area contributed by atoms with Crippen LogP contribution in [0, 0.1) is 5.92 Å². The highest BCUT2D eigenvalue weighted by atomic mass is 16.2. The first-order chi connectivity index (χ1) is 8.88. The first kappa shape index (κ1) is 16.4. The molecule has 1 atom stereocenters. The second kappa shape index (κ2) is 7.25. The van der Waals surface area contributed by atoms with E-state index in [2.05, 4.69) is 43.2 Å². The molecule has 0 bridgehead atoms. The smallest absolute Gasteiger partial charge is 0.234 e. The number of piperidine rings is 1. The molecule has 1 heterocycles. The zero-order chi connectivity index (χ0) is 14.5. The van der Waals surface area contributed by atoms with Gasteiger partial charge in [0, 0.05) is 11.6 Å². The van der Waals surface area contributed by atoms with Crippen LogP contribution in [-0.4, -0.2) is 49.1 Å². The van der Waals surface area contributed by atoms with Crippen LogP contribution < -0.4 is 10.6 Å². The van der Waals surface area contributed by atoms with Crippen LogP contribution in [0.4, 0.5) is 0 Å². The predicted octanol–water partition coefficient (Wildman–Crippen LogP) is 1.61. The van der Waals surface area contributed by atoms with E-state index >= 15 is 0 Å². The summed E-state index contributed by atoms with van der Waals surface area (Å²) in [6.45, 7) is 11.1. The third-order valence-corrected chi connectivity index (χ3v) is 4.52. The topological polar surface area (TPSA) is 44.4 Å². The molecule has 19 heavy (non-hydrogen) atoms. The summed E-state index contributed by atoms with van der Waals surface area (Å²) in [5.74, 6) is 0.906. The average Bonchev–Trinajstić information content (AvgIpc) is 2.38. The molecule has 1 aliphatic heterocycles. The summed E-state index contributed by atoms with van der Waals surface area (Å²) in [4.78, 5) is 14.3. The van der Waals surface area contributed by atoms with E-state index < -0.39 is 0 Å². The molecule has 1 fully saturated rings. The summed E-state index contributed by atoms with van der Waals surface area (Å²) in [5, 5.41) is 6.44. The van der Waals surface area contributed by atoms with Crippen LogP contribution in [0.1, 0.15) is 47.0 Å². The third kappa shape index (κ3) is 5.49. The Labute approximate surface area is 118 Å². The molecule has 0 aliphatic carbocycles. The maximum Gasteiger partial charge on any atom is 0.234 e. The van der Waals surface area contributed by atoms with E-state index in [0.29, 0.717) is 12.6 Å². The molecule has 0 spiro atoms. The fraction of sp³-hybridized carbons (Fsp3) is 0.933. The number of hydrogen-bond donors (Lipinski definition) is 2. The highest BCUT2D eigenvalue weighted by molar-refractivity contribution is 5.78. The van der Waals surface area contributed by atoms with Crippen molar-refractivity contribution >= 4 is 5.91 Å². The van der Waals surface area contributed by atoms with Crippen molar-refractivity contribution in [2.75, 3.05) is 26.7 Å². The number of carbonyl (C=O) groups is 1. The number of nitrogens with zero attached hydrogens (tertiary/aromatic N) is 1. The van der Waals surface area contributed by atoms with Gasteiger partial charge in [0.05, 0.1) is 6.54 Å². The Morgan fingerprint density at radius 3 is 2.42 bits per heavy atom. The number of rotatable bonds is 6. The monoisotopic (exact) mass is 269 g/mol. The van der Waals surface area contributed by atoms with Gasteiger partial charge in [-0.25, -0.2) is 0 Å². The van der Waals surface area contributed by atoms with Gasteiger partial charge in [0.2, 0.25) is 5.91 Å². The van der Waals surface area contributed by atoms with Crippen LogP contribution in [-0.2, 0) is 4.79 Å². The predicted molar refractivity (Wildman–Crippen MR) is 80.2 cm³/mol. The van der Waals surface area contributed by atoms with Crippen molar-refractivity contribution in [3.05, 3.63) is 0 Å². The molecule has 1 amide bonds. The normalized spacial score (nSPS) is 20.3. The molecule has 0 aromatic carbocycles. The number of carbonyl (C=O) groups excluding carboxylic acids is 1. The summed E-state index contributed by atoms with van der Waals surface area (Å²) in [7, 11) is 2.03. The maximum absolute atomic E-state index is 12.0. The Bertz CT molecular complexity index is 283. The number of amides is 1. The second-order valence-electron chi connectivity index (χ2n) is 6.48. The standard InChI is InChI=1S/C15H31N3O/c1-6-15(3,4)17-14(19)11-18-9-7-13(8-10-18)12(2)16-5/h12-13,16H,6-11H2,1-5H3,(H,17,19). The molecule has 0 aromatic heterocycles. The van der Waals surface area contributed by atoms with Gasteiger partial charge in [-0.15, -0.1) is 0 Å². The van der Waals surface area contributed by atoms with Gasteiger partial charge >= 0.3 is 0 Å². The molecule has 1 rings (SSSR count). The van der Waals surface area contributed by atoms with Crippen molar-refractivity contribution in [3.63, 3.8) is 0 Å². The molecule has 4 nitrogen and oxygen atoms in total. The first-order valence-electron chi connectivity index (χ1n) is 7.58. The van der Waals surface area contributed by atoms with E-state index in [4.69, 9.17) is 0 Å². The molecule has 0 aromatic rings. The molecule has 0 radical (unpaired) electrons. The van der Waals surface area contributed by atoms with E-state index in [9.17, 15) is 4.79 Å². The lowest BCUT2D eigenvalue weighted by Crippen LogP contribution is -2.49. The quantitative estimate of drug-likeness (QED) is 0.770. The summed E-state index contributed by atoms with van der Waals surface area (Å²) < 4.78 is 0. The van der Waals surface area contributed by atoms with Crippen molar-refractivity contribution in [2.24, 2.45) is 5.92 Å². The SMILES string of the molecule is CCC(C)(C)NC(=O)CN1CCC(C(C)NC)CC1. The largest absolute Gasteiger partial charge is 0.350 e. The van der Waals surface area contributed by atoms with E-state index in [1.807, 2.05) is 7.05 Å². The number of nitrogens with one attached hydrogen (secondary N) is 2. The molecule has 1 saturated heterocycles.